The lowest BCUT2D eigenvalue weighted by atomic mass is 10.0. The number of ether oxygens (including phenoxy) is 2. The largest absolute Gasteiger partial charge is 0.493 e. The number of nitrogens with one attached hydrogen (secondary N) is 1. The molecule has 3 nitrogen and oxygen atoms in total. The molecule has 0 unspecified atom stereocenters. The number of benzene rings is 2. The third kappa shape index (κ3) is 4.68. The molecule has 0 fully saturated rings. The predicted molar refractivity (Wildman–Crippen MR) is 90.8 cm³/mol. The van der Waals surface area contributed by atoms with E-state index in [9.17, 15) is 8.78 Å². The molecular weight excluding hydrogens is 312 g/mol. The summed E-state index contributed by atoms with van der Waals surface area (Å²) in [6.07, 6.45) is 0. The molecule has 2 aromatic carbocycles. The molecule has 0 bridgehead atoms. The Balaban J connectivity index is 2.03. The topological polar surface area (TPSA) is 30.5 Å². The van der Waals surface area contributed by atoms with Gasteiger partial charge in [-0.2, -0.15) is 8.78 Å². The summed E-state index contributed by atoms with van der Waals surface area (Å²) in [5.41, 5.74) is 5.86. The van der Waals surface area contributed by atoms with Gasteiger partial charge in [-0.1, -0.05) is 18.2 Å². The van der Waals surface area contributed by atoms with Crippen molar-refractivity contribution < 1.29 is 18.3 Å². The minimum absolute atomic E-state index is 0.0501. The summed E-state index contributed by atoms with van der Waals surface area (Å²) in [5.74, 6) is 0.346. The highest BCUT2D eigenvalue weighted by atomic mass is 19.3. The third-order valence-electron chi connectivity index (χ3n) is 4.04. The van der Waals surface area contributed by atoms with Crippen LogP contribution in [-0.4, -0.2) is 13.7 Å². The second kappa shape index (κ2) is 8.11. The number of hydrogen-bond donors (Lipinski definition) is 1. The van der Waals surface area contributed by atoms with E-state index in [1.54, 1.807) is 12.1 Å². The maximum absolute atomic E-state index is 12.5. The molecule has 0 radical (unpaired) electrons. The standard InChI is InChI=1S/C19H23F2NO2/c1-12-7-14(3)16(8-13(12)2)11-22-10-15-5-6-17(23-4)18(9-15)24-19(20)21/h5-9,19,22H,10-11H2,1-4H3. The molecule has 0 heterocycles. The third-order valence-corrected chi connectivity index (χ3v) is 4.04. The highest BCUT2D eigenvalue weighted by molar-refractivity contribution is 5.43. The number of alkyl halides is 2. The first-order valence-corrected chi connectivity index (χ1v) is 7.80. The maximum Gasteiger partial charge on any atom is 0.387 e. The first-order valence-electron chi connectivity index (χ1n) is 7.80. The highest BCUT2D eigenvalue weighted by Gasteiger charge is 2.11. The number of aryl methyl sites for hydroxylation is 3. The summed E-state index contributed by atoms with van der Waals surface area (Å²) in [7, 11) is 1.42. The first-order chi connectivity index (χ1) is 11.4. The Morgan fingerprint density at radius 3 is 2.29 bits per heavy atom. The maximum atomic E-state index is 12.5. The van der Waals surface area contributed by atoms with Gasteiger partial charge in [0.05, 0.1) is 7.11 Å². The van der Waals surface area contributed by atoms with Gasteiger partial charge in [-0.15, -0.1) is 0 Å². The van der Waals surface area contributed by atoms with Gasteiger partial charge in [0.25, 0.3) is 0 Å². The van der Waals surface area contributed by atoms with Gasteiger partial charge in [0, 0.05) is 13.1 Å². The molecule has 0 aliphatic heterocycles. The van der Waals surface area contributed by atoms with Crippen molar-refractivity contribution in [2.24, 2.45) is 0 Å². The van der Waals surface area contributed by atoms with Crippen molar-refractivity contribution in [2.75, 3.05) is 7.11 Å². The normalized spacial score (nSPS) is 11.0. The van der Waals surface area contributed by atoms with E-state index in [0.717, 1.165) is 5.56 Å². The summed E-state index contributed by atoms with van der Waals surface area (Å²) >= 11 is 0. The smallest absolute Gasteiger partial charge is 0.387 e. The van der Waals surface area contributed by atoms with E-state index < -0.39 is 6.61 Å². The summed E-state index contributed by atoms with van der Waals surface area (Å²) in [6, 6.07) is 9.39. The molecule has 0 aliphatic rings. The molecule has 5 heteroatoms. The van der Waals surface area contributed by atoms with E-state index in [1.807, 2.05) is 6.07 Å². The van der Waals surface area contributed by atoms with Crippen molar-refractivity contribution in [3.63, 3.8) is 0 Å². The molecule has 2 aromatic rings. The zero-order valence-corrected chi connectivity index (χ0v) is 14.5. The van der Waals surface area contributed by atoms with Crippen LogP contribution in [0.15, 0.2) is 30.3 Å². The monoisotopic (exact) mass is 335 g/mol. The van der Waals surface area contributed by atoms with Crippen LogP contribution in [0.2, 0.25) is 0 Å². The van der Waals surface area contributed by atoms with Crippen LogP contribution in [0.4, 0.5) is 8.78 Å². The fourth-order valence-corrected chi connectivity index (χ4v) is 2.57. The zero-order chi connectivity index (χ0) is 17.7. The van der Waals surface area contributed by atoms with Crippen LogP contribution in [0, 0.1) is 20.8 Å². The average molecular weight is 335 g/mol. The summed E-state index contributed by atoms with van der Waals surface area (Å²) in [6.45, 7) is 4.67. The van der Waals surface area contributed by atoms with Crippen molar-refractivity contribution in [1.29, 1.82) is 0 Å². The molecule has 0 aromatic heterocycles. The van der Waals surface area contributed by atoms with Crippen LogP contribution in [0.25, 0.3) is 0 Å². The van der Waals surface area contributed by atoms with Crippen molar-refractivity contribution >= 4 is 0 Å². The Labute approximate surface area is 141 Å². The lowest BCUT2D eigenvalue weighted by Gasteiger charge is -2.13. The number of methoxy groups -OCH3 is 1. The fourth-order valence-electron chi connectivity index (χ4n) is 2.57. The molecular formula is C19H23F2NO2. The average Bonchev–Trinajstić information content (AvgIpc) is 2.52. The molecule has 2 rings (SSSR count). The minimum atomic E-state index is -2.87. The lowest BCUT2D eigenvalue weighted by molar-refractivity contribution is -0.0512. The Morgan fingerprint density at radius 1 is 0.917 bits per heavy atom. The Kier molecular flexibility index (Phi) is 6.15. The number of hydrogen-bond acceptors (Lipinski definition) is 3. The van der Waals surface area contributed by atoms with E-state index in [-0.39, 0.29) is 5.75 Å². The van der Waals surface area contributed by atoms with Crippen LogP contribution in [-0.2, 0) is 13.1 Å². The molecule has 1 N–H and O–H groups in total. The highest BCUT2D eigenvalue weighted by Crippen LogP contribution is 2.29. The quantitative estimate of drug-likeness (QED) is 0.807. The van der Waals surface area contributed by atoms with E-state index in [1.165, 1.54) is 29.4 Å². The molecule has 130 valence electrons. The molecule has 0 saturated carbocycles. The Hall–Kier alpha value is -2.14. The van der Waals surface area contributed by atoms with Gasteiger partial charge < -0.3 is 14.8 Å². The lowest BCUT2D eigenvalue weighted by Crippen LogP contribution is -2.14. The Bertz CT molecular complexity index is 702. The summed E-state index contributed by atoms with van der Waals surface area (Å²) in [5, 5.41) is 3.34. The van der Waals surface area contributed by atoms with Crippen LogP contribution < -0.4 is 14.8 Å². The van der Waals surface area contributed by atoms with E-state index in [2.05, 4.69) is 43.0 Å². The van der Waals surface area contributed by atoms with Crippen LogP contribution in [0.3, 0.4) is 0 Å². The van der Waals surface area contributed by atoms with Crippen molar-refractivity contribution in [1.82, 2.24) is 5.32 Å². The van der Waals surface area contributed by atoms with Crippen molar-refractivity contribution in [3.8, 4) is 11.5 Å². The SMILES string of the molecule is COc1ccc(CNCc2cc(C)c(C)cc2C)cc1OC(F)F. The van der Waals surface area contributed by atoms with Crippen LogP contribution in [0.1, 0.15) is 27.8 Å². The van der Waals surface area contributed by atoms with E-state index in [4.69, 9.17) is 4.74 Å². The Morgan fingerprint density at radius 2 is 1.62 bits per heavy atom. The van der Waals surface area contributed by atoms with E-state index in [0.29, 0.717) is 18.8 Å². The fraction of sp³-hybridized carbons (Fsp3) is 0.368. The van der Waals surface area contributed by atoms with Crippen LogP contribution in [0.5, 0.6) is 11.5 Å². The van der Waals surface area contributed by atoms with Crippen molar-refractivity contribution in [3.05, 3.63) is 58.1 Å². The summed E-state index contributed by atoms with van der Waals surface area (Å²) < 4.78 is 34.5. The molecule has 0 spiro atoms. The van der Waals surface area contributed by atoms with Gasteiger partial charge in [-0.05, 0) is 60.7 Å². The molecule has 0 amide bonds. The van der Waals surface area contributed by atoms with Crippen LogP contribution >= 0.6 is 0 Å². The number of halogens is 2. The predicted octanol–water partition coefficient (Wildman–Crippen LogP) is 4.51. The van der Waals surface area contributed by atoms with Gasteiger partial charge in [-0.3, -0.25) is 0 Å². The first kappa shape index (κ1) is 18.2. The van der Waals surface area contributed by atoms with Crippen molar-refractivity contribution in [2.45, 2.75) is 40.5 Å². The van der Waals surface area contributed by atoms with E-state index >= 15 is 0 Å². The minimum Gasteiger partial charge on any atom is -0.493 e. The van der Waals surface area contributed by atoms with Gasteiger partial charge >= 0.3 is 6.61 Å². The van der Waals surface area contributed by atoms with Gasteiger partial charge in [-0.25, -0.2) is 0 Å². The molecule has 24 heavy (non-hydrogen) atoms. The second-order valence-electron chi connectivity index (χ2n) is 5.83. The zero-order valence-electron chi connectivity index (χ0n) is 14.5. The van der Waals surface area contributed by atoms with Gasteiger partial charge in [0.2, 0.25) is 0 Å². The van der Waals surface area contributed by atoms with Gasteiger partial charge in [0.15, 0.2) is 11.5 Å². The van der Waals surface area contributed by atoms with Gasteiger partial charge in [0.1, 0.15) is 0 Å². The number of rotatable bonds is 7. The molecule has 0 aliphatic carbocycles. The second-order valence-corrected chi connectivity index (χ2v) is 5.83. The molecule has 0 atom stereocenters. The molecule has 0 saturated heterocycles. The summed E-state index contributed by atoms with van der Waals surface area (Å²) in [4.78, 5) is 0.